The topological polar surface area (TPSA) is 59.0 Å². The van der Waals surface area contributed by atoms with Gasteiger partial charge in [-0.3, -0.25) is 9.78 Å². The van der Waals surface area contributed by atoms with Gasteiger partial charge in [0.25, 0.3) is 5.91 Å². The fourth-order valence-corrected chi connectivity index (χ4v) is 3.39. The summed E-state index contributed by atoms with van der Waals surface area (Å²) in [7, 11) is 0. The van der Waals surface area contributed by atoms with Gasteiger partial charge in [-0.25, -0.2) is 9.97 Å². The number of hydrogen-bond acceptors (Lipinski definition) is 4. The Bertz CT molecular complexity index is 983. The van der Waals surface area contributed by atoms with E-state index in [9.17, 15) is 4.79 Å². The maximum atomic E-state index is 13.3. The lowest BCUT2D eigenvalue weighted by Gasteiger charge is -2.22. The lowest BCUT2D eigenvalue weighted by Crippen LogP contribution is -2.32. The van der Waals surface area contributed by atoms with Crippen LogP contribution in [0.2, 0.25) is 0 Å². The van der Waals surface area contributed by atoms with Gasteiger partial charge in [0, 0.05) is 29.6 Å². The highest BCUT2D eigenvalue weighted by Crippen LogP contribution is 2.30. The van der Waals surface area contributed by atoms with Gasteiger partial charge in [0.2, 0.25) is 0 Å². The summed E-state index contributed by atoms with van der Waals surface area (Å²) in [4.78, 5) is 28.6. The molecular formula is C23H24N4O. The van der Waals surface area contributed by atoms with E-state index in [0.29, 0.717) is 18.2 Å². The minimum atomic E-state index is 0.0545. The van der Waals surface area contributed by atoms with E-state index >= 15 is 0 Å². The molecule has 1 aliphatic rings. The molecule has 1 aliphatic carbocycles. The lowest BCUT2D eigenvalue weighted by atomic mass is 10.0. The van der Waals surface area contributed by atoms with Gasteiger partial charge in [-0.15, -0.1) is 0 Å². The first kappa shape index (κ1) is 18.3. The standard InChI is InChI=1S/C23H24N4O/c1-3-17-14-25-16(2)26-22(17)18-7-6-8-19(13-18)23(28)27(21-10-11-21)15-20-9-4-5-12-24-20/h4-9,12-14,21H,3,10-11,15H2,1-2H3. The van der Waals surface area contributed by atoms with Crippen molar-refractivity contribution in [2.24, 2.45) is 0 Å². The molecule has 1 aromatic carbocycles. The summed E-state index contributed by atoms with van der Waals surface area (Å²) in [6.45, 7) is 4.52. The molecule has 3 aromatic rings. The molecular weight excluding hydrogens is 348 g/mol. The van der Waals surface area contributed by atoms with Crippen LogP contribution in [0.15, 0.2) is 54.9 Å². The molecule has 1 fully saturated rings. The van der Waals surface area contributed by atoms with Crippen molar-refractivity contribution in [2.75, 3.05) is 0 Å². The largest absolute Gasteiger partial charge is 0.330 e. The predicted molar refractivity (Wildman–Crippen MR) is 109 cm³/mol. The maximum absolute atomic E-state index is 13.3. The molecule has 5 heteroatoms. The van der Waals surface area contributed by atoms with Crippen molar-refractivity contribution in [1.29, 1.82) is 0 Å². The van der Waals surface area contributed by atoms with E-state index < -0.39 is 0 Å². The summed E-state index contributed by atoms with van der Waals surface area (Å²) >= 11 is 0. The van der Waals surface area contributed by atoms with Crippen LogP contribution in [-0.4, -0.2) is 31.8 Å². The SMILES string of the molecule is CCc1cnc(C)nc1-c1cccc(C(=O)N(Cc2ccccn2)C2CC2)c1. The highest BCUT2D eigenvalue weighted by Gasteiger charge is 2.33. The Balaban J connectivity index is 1.65. The molecule has 0 N–H and O–H groups in total. The summed E-state index contributed by atoms with van der Waals surface area (Å²) < 4.78 is 0. The zero-order valence-corrected chi connectivity index (χ0v) is 16.3. The predicted octanol–water partition coefficient (Wildman–Crippen LogP) is 4.21. The summed E-state index contributed by atoms with van der Waals surface area (Å²) in [5.41, 5.74) is 4.56. The first-order chi connectivity index (χ1) is 13.7. The van der Waals surface area contributed by atoms with Crippen molar-refractivity contribution >= 4 is 5.91 Å². The normalized spacial score (nSPS) is 13.4. The second-order valence-electron chi connectivity index (χ2n) is 7.21. The number of aryl methyl sites for hydroxylation is 2. The zero-order chi connectivity index (χ0) is 19.5. The molecule has 0 aliphatic heterocycles. The third-order valence-corrected chi connectivity index (χ3v) is 5.06. The van der Waals surface area contributed by atoms with Crippen LogP contribution in [0.1, 0.15) is 47.2 Å². The van der Waals surface area contributed by atoms with Crippen LogP contribution < -0.4 is 0 Å². The molecule has 28 heavy (non-hydrogen) atoms. The fraction of sp³-hybridized carbons (Fsp3) is 0.304. The molecule has 5 nitrogen and oxygen atoms in total. The van der Waals surface area contributed by atoms with Crippen LogP contribution >= 0.6 is 0 Å². The Kier molecular flexibility index (Phi) is 5.15. The first-order valence-corrected chi connectivity index (χ1v) is 9.79. The van der Waals surface area contributed by atoms with Gasteiger partial charge < -0.3 is 4.90 Å². The van der Waals surface area contributed by atoms with Crippen LogP contribution in [0.25, 0.3) is 11.3 Å². The number of pyridine rings is 1. The van der Waals surface area contributed by atoms with Gasteiger partial charge in [-0.05, 0) is 56.0 Å². The molecule has 0 spiro atoms. The molecule has 0 saturated heterocycles. The van der Waals surface area contributed by atoms with E-state index in [1.165, 1.54) is 0 Å². The molecule has 0 bridgehead atoms. The first-order valence-electron chi connectivity index (χ1n) is 9.79. The maximum Gasteiger partial charge on any atom is 0.254 e. The molecule has 2 heterocycles. The monoisotopic (exact) mass is 372 g/mol. The smallest absolute Gasteiger partial charge is 0.254 e. The minimum absolute atomic E-state index is 0.0545. The average molecular weight is 372 g/mol. The van der Waals surface area contributed by atoms with E-state index in [1.54, 1.807) is 6.20 Å². The Morgan fingerprint density at radius 1 is 1.14 bits per heavy atom. The van der Waals surface area contributed by atoms with Crippen molar-refractivity contribution < 1.29 is 4.79 Å². The third-order valence-electron chi connectivity index (χ3n) is 5.06. The van der Waals surface area contributed by atoms with Crippen molar-refractivity contribution in [3.63, 3.8) is 0 Å². The van der Waals surface area contributed by atoms with Crippen molar-refractivity contribution in [1.82, 2.24) is 19.9 Å². The summed E-state index contributed by atoms with van der Waals surface area (Å²) in [6.07, 6.45) is 6.62. The van der Waals surface area contributed by atoms with Crippen LogP contribution in [0.5, 0.6) is 0 Å². The van der Waals surface area contributed by atoms with E-state index in [2.05, 4.69) is 21.9 Å². The van der Waals surface area contributed by atoms with Crippen LogP contribution in [0.4, 0.5) is 0 Å². The zero-order valence-electron chi connectivity index (χ0n) is 16.3. The highest BCUT2D eigenvalue weighted by atomic mass is 16.2. The Hall–Kier alpha value is -3.08. The fourth-order valence-electron chi connectivity index (χ4n) is 3.39. The molecule has 2 aromatic heterocycles. The summed E-state index contributed by atoms with van der Waals surface area (Å²) in [5.74, 6) is 0.789. The van der Waals surface area contributed by atoms with Gasteiger partial charge in [-0.1, -0.05) is 25.1 Å². The van der Waals surface area contributed by atoms with Crippen LogP contribution in [0, 0.1) is 6.92 Å². The lowest BCUT2D eigenvalue weighted by molar-refractivity contribution is 0.0728. The van der Waals surface area contributed by atoms with Gasteiger partial charge in [0.05, 0.1) is 17.9 Å². The number of carbonyl (C=O) groups excluding carboxylic acids is 1. The van der Waals surface area contributed by atoms with Gasteiger partial charge in [0.15, 0.2) is 0 Å². The number of amides is 1. The van der Waals surface area contributed by atoms with Crippen molar-refractivity contribution in [3.05, 3.63) is 77.5 Å². The highest BCUT2D eigenvalue weighted by molar-refractivity contribution is 5.95. The van der Waals surface area contributed by atoms with E-state index in [4.69, 9.17) is 0 Å². The number of rotatable bonds is 6. The average Bonchev–Trinajstić information content (AvgIpc) is 3.57. The Labute approximate surface area is 165 Å². The van der Waals surface area contributed by atoms with E-state index in [-0.39, 0.29) is 5.91 Å². The van der Waals surface area contributed by atoms with Crippen LogP contribution in [0.3, 0.4) is 0 Å². The van der Waals surface area contributed by atoms with Crippen molar-refractivity contribution in [2.45, 2.75) is 45.7 Å². The Morgan fingerprint density at radius 3 is 2.71 bits per heavy atom. The Morgan fingerprint density at radius 2 is 2.00 bits per heavy atom. The number of aromatic nitrogens is 3. The molecule has 1 amide bonds. The number of benzene rings is 1. The molecule has 0 radical (unpaired) electrons. The summed E-state index contributed by atoms with van der Waals surface area (Å²) in [6, 6.07) is 13.9. The summed E-state index contributed by atoms with van der Waals surface area (Å²) in [5, 5.41) is 0. The number of hydrogen-bond donors (Lipinski definition) is 0. The molecule has 0 unspecified atom stereocenters. The molecule has 4 rings (SSSR count). The number of nitrogens with zero attached hydrogens (tertiary/aromatic N) is 4. The third kappa shape index (κ3) is 3.93. The molecule has 0 atom stereocenters. The van der Waals surface area contributed by atoms with Gasteiger partial charge in [0.1, 0.15) is 5.82 Å². The van der Waals surface area contributed by atoms with Crippen molar-refractivity contribution in [3.8, 4) is 11.3 Å². The second-order valence-corrected chi connectivity index (χ2v) is 7.21. The minimum Gasteiger partial charge on any atom is -0.330 e. The van der Waals surface area contributed by atoms with Crippen LogP contribution in [-0.2, 0) is 13.0 Å². The van der Waals surface area contributed by atoms with E-state index in [1.807, 2.05) is 60.5 Å². The second kappa shape index (κ2) is 7.89. The van der Waals surface area contributed by atoms with E-state index in [0.717, 1.165) is 47.6 Å². The molecule has 1 saturated carbocycles. The van der Waals surface area contributed by atoms with Gasteiger partial charge in [-0.2, -0.15) is 0 Å². The quantitative estimate of drug-likeness (QED) is 0.650. The molecule has 142 valence electrons. The van der Waals surface area contributed by atoms with Gasteiger partial charge >= 0.3 is 0 Å². The number of carbonyl (C=O) groups is 1.